The van der Waals surface area contributed by atoms with Crippen LogP contribution in [0.2, 0.25) is 0 Å². The number of aliphatic carboxylic acids is 1. The summed E-state index contributed by atoms with van der Waals surface area (Å²) in [5.41, 5.74) is 9.44. The summed E-state index contributed by atoms with van der Waals surface area (Å²) in [5, 5.41) is 14.4. The number of hydrogen-bond acceptors (Lipinski definition) is 2. The van der Waals surface area contributed by atoms with Gasteiger partial charge in [0.05, 0.1) is 5.41 Å². The lowest BCUT2D eigenvalue weighted by Crippen LogP contribution is -2.28. The van der Waals surface area contributed by atoms with E-state index < -0.39 is 5.97 Å². The largest absolute Gasteiger partial charge is 0.481 e. The van der Waals surface area contributed by atoms with Crippen LogP contribution in [0, 0.1) is 5.92 Å². The fraction of sp³-hybridized carbons (Fsp3) is 0.378. The Hall–Kier alpha value is -4.44. The van der Waals surface area contributed by atoms with Gasteiger partial charge in [0.25, 0.3) is 0 Å². The monoisotopic (exact) mass is 651 g/mol. The Bertz CT molecular complexity index is 2060. The van der Waals surface area contributed by atoms with Crippen LogP contribution >= 0.6 is 0 Å². The number of nitrogens with zero attached hydrogens (tertiary/aromatic N) is 2. The number of allylic oxidation sites excluding steroid dienone is 6. The smallest absolute Gasteiger partial charge is 0.303 e. The molecule has 1 aliphatic carbocycles. The predicted molar refractivity (Wildman–Crippen MR) is 206 cm³/mol. The Labute approximate surface area is 292 Å². The van der Waals surface area contributed by atoms with E-state index in [1.54, 1.807) is 0 Å². The lowest BCUT2D eigenvalue weighted by Gasteiger charge is -2.26. The van der Waals surface area contributed by atoms with E-state index in [0.717, 1.165) is 38.6 Å². The zero-order valence-corrected chi connectivity index (χ0v) is 29.9. The van der Waals surface area contributed by atoms with Crippen LogP contribution in [0.1, 0.15) is 90.2 Å². The van der Waals surface area contributed by atoms with Crippen molar-refractivity contribution in [3.05, 3.63) is 119 Å². The average molecular weight is 652 g/mol. The summed E-state index contributed by atoms with van der Waals surface area (Å²) in [6.45, 7) is 10.4. The van der Waals surface area contributed by atoms with Gasteiger partial charge in [0.2, 0.25) is 5.69 Å². The molecule has 0 spiro atoms. The Balaban J connectivity index is 1.15. The second kappa shape index (κ2) is 13.1. The van der Waals surface area contributed by atoms with Gasteiger partial charge in [-0.05, 0) is 97.5 Å². The van der Waals surface area contributed by atoms with Crippen molar-refractivity contribution >= 4 is 44.6 Å². The Morgan fingerprint density at radius 1 is 0.857 bits per heavy atom. The van der Waals surface area contributed by atoms with Crippen LogP contribution in [0.15, 0.2) is 108 Å². The van der Waals surface area contributed by atoms with E-state index in [-0.39, 0.29) is 17.3 Å². The lowest BCUT2D eigenvalue weighted by atomic mass is 9.78. The molecule has 4 nitrogen and oxygen atoms in total. The van der Waals surface area contributed by atoms with Gasteiger partial charge in [-0.1, -0.05) is 92.2 Å². The number of hydrogen-bond donors (Lipinski definition) is 1. The molecule has 0 fully saturated rings. The molecule has 0 radical (unpaired) electrons. The normalized spacial score (nSPS) is 20.4. The minimum Gasteiger partial charge on any atom is -0.481 e. The first-order valence-electron chi connectivity index (χ1n) is 18.3. The van der Waals surface area contributed by atoms with E-state index in [9.17, 15) is 4.79 Å². The third kappa shape index (κ3) is 6.05. The standard InChI is InChI=1S/C45H50N2O2/c1-44(2)39(46(5)37-25-23-33-16-8-10-18-35(33)42(37)44)27-21-31-14-13-15-32(30-31)22-28-40-45(3,4)43-36-19-11-9-17-34(36)24-26-38(43)47(40)29-12-6-7-20-41(48)49/h8-11,16-19,22-28,30-31H,6-7,12-15,20-21,29H2,1-5H3/p+1/b28-22+,39-27+. The number of benzene rings is 4. The molecular weight excluding hydrogens is 601 g/mol. The van der Waals surface area contributed by atoms with E-state index >= 15 is 0 Å². The molecule has 1 atom stereocenters. The fourth-order valence-corrected chi connectivity index (χ4v) is 9.08. The first-order chi connectivity index (χ1) is 23.6. The minimum absolute atomic E-state index is 0.0486. The molecule has 1 N–H and O–H groups in total. The zero-order valence-electron chi connectivity index (χ0n) is 29.9. The van der Waals surface area contributed by atoms with Crippen molar-refractivity contribution in [2.45, 2.75) is 89.9 Å². The van der Waals surface area contributed by atoms with E-state index in [2.05, 4.69) is 141 Å². The first kappa shape index (κ1) is 33.1. The minimum atomic E-state index is -0.706. The Morgan fingerprint density at radius 2 is 1.55 bits per heavy atom. The SMILES string of the molecule is CN1/C(=C/CC2C=C(/C=C/C3=[N+](CCCCCC(=O)O)c4ccc5ccccc5c4C3(C)C)CCC2)C(C)(C)c2c1ccc1ccccc21. The third-order valence-electron chi connectivity index (χ3n) is 11.5. The summed E-state index contributed by atoms with van der Waals surface area (Å²) in [6, 6.07) is 26.7. The number of carboxylic acids is 1. The lowest BCUT2D eigenvalue weighted by molar-refractivity contribution is -0.438. The summed E-state index contributed by atoms with van der Waals surface area (Å²) in [7, 11) is 2.23. The fourth-order valence-electron chi connectivity index (χ4n) is 9.08. The number of unbranched alkanes of at least 4 members (excludes halogenated alkanes) is 2. The number of carboxylic acid groups (broad SMARTS) is 1. The maximum atomic E-state index is 11.1. The van der Waals surface area contributed by atoms with Gasteiger partial charge in [0, 0.05) is 54.4 Å². The van der Waals surface area contributed by atoms with Crippen molar-refractivity contribution in [2.24, 2.45) is 5.92 Å². The molecule has 2 heterocycles. The van der Waals surface area contributed by atoms with E-state index in [1.807, 2.05) is 0 Å². The summed E-state index contributed by atoms with van der Waals surface area (Å²) in [4.78, 5) is 13.5. The van der Waals surface area contributed by atoms with Crippen LogP contribution in [0.25, 0.3) is 21.5 Å². The molecule has 0 bridgehead atoms. The van der Waals surface area contributed by atoms with Gasteiger partial charge < -0.3 is 10.0 Å². The summed E-state index contributed by atoms with van der Waals surface area (Å²) < 4.78 is 2.52. The molecule has 2 aliphatic heterocycles. The molecule has 0 saturated carbocycles. The highest BCUT2D eigenvalue weighted by Crippen LogP contribution is 2.50. The third-order valence-corrected chi connectivity index (χ3v) is 11.5. The highest BCUT2D eigenvalue weighted by Gasteiger charge is 2.45. The highest BCUT2D eigenvalue weighted by atomic mass is 16.4. The maximum absolute atomic E-state index is 11.1. The molecule has 252 valence electrons. The van der Waals surface area contributed by atoms with Gasteiger partial charge in [-0.3, -0.25) is 4.79 Å². The predicted octanol–water partition coefficient (Wildman–Crippen LogP) is 11.0. The van der Waals surface area contributed by atoms with Crippen LogP contribution < -0.4 is 4.90 Å². The quantitative estimate of drug-likeness (QED) is 0.137. The summed E-state index contributed by atoms with van der Waals surface area (Å²) >= 11 is 0. The molecule has 4 heteroatoms. The molecule has 3 aliphatic rings. The van der Waals surface area contributed by atoms with Crippen LogP contribution in [0.3, 0.4) is 0 Å². The van der Waals surface area contributed by atoms with Crippen molar-refractivity contribution in [1.82, 2.24) is 0 Å². The second-order valence-corrected chi connectivity index (χ2v) is 15.5. The van der Waals surface area contributed by atoms with Crippen molar-refractivity contribution in [1.29, 1.82) is 0 Å². The number of likely N-dealkylation sites (N-methyl/N-ethyl adjacent to an activating group) is 1. The van der Waals surface area contributed by atoms with Crippen LogP contribution in [0.4, 0.5) is 11.4 Å². The van der Waals surface area contributed by atoms with Crippen molar-refractivity contribution in [2.75, 3.05) is 18.5 Å². The number of anilines is 1. The summed E-state index contributed by atoms with van der Waals surface area (Å²) in [5.74, 6) is -0.180. The highest BCUT2D eigenvalue weighted by molar-refractivity contribution is 6.07. The molecule has 0 amide bonds. The molecule has 4 aromatic carbocycles. The second-order valence-electron chi connectivity index (χ2n) is 15.5. The molecular formula is C45H51N2O2+. The van der Waals surface area contributed by atoms with E-state index in [1.165, 1.54) is 73.9 Å². The van der Waals surface area contributed by atoms with E-state index in [4.69, 9.17) is 5.11 Å². The Kier molecular flexibility index (Phi) is 8.85. The number of carbonyl (C=O) groups is 1. The average Bonchev–Trinajstić information content (AvgIpc) is 3.43. The van der Waals surface area contributed by atoms with Crippen LogP contribution in [-0.4, -0.2) is 35.0 Å². The van der Waals surface area contributed by atoms with E-state index in [0.29, 0.717) is 5.92 Å². The topological polar surface area (TPSA) is 43.5 Å². The zero-order chi connectivity index (χ0) is 34.3. The van der Waals surface area contributed by atoms with Gasteiger partial charge >= 0.3 is 5.97 Å². The molecule has 1 unspecified atom stereocenters. The van der Waals surface area contributed by atoms with Gasteiger partial charge in [-0.2, -0.15) is 4.58 Å². The van der Waals surface area contributed by atoms with Crippen LogP contribution in [-0.2, 0) is 15.6 Å². The maximum Gasteiger partial charge on any atom is 0.303 e. The van der Waals surface area contributed by atoms with Crippen molar-refractivity contribution < 1.29 is 14.5 Å². The first-order valence-corrected chi connectivity index (χ1v) is 18.3. The van der Waals surface area contributed by atoms with Crippen molar-refractivity contribution in [3.8, 4) is 0 Å². The summed E-state index contributed by atoms with van der Waals surface area (Å²) in [6.07, 6.45) is 17.3. The van der Waals surface area contributed by atoms with Gasteiger partial charge in [0.15, 0.2) is 5.71 Å². The molecule has 4 aromatic rings. The molecule has 7 rings (SSSR count). The number of fused-ring (bicyclic) bond motifs is 6. The van der Waals surface area contributed by atoms with Crippen LogP contribution in [0.5, 0.6) is 0 Å². The van der Waals surface area contributed by atoms with Gasteiger partial charge in [0.1, 0.15) is 6.54 Å². The van der Waals surface area contributed by atoms with Crippen molar-refractivity contribution in [3.63, 3.8) is 0 Å². The van der Waals surface area contributed by atoms with Gasteiger partial charge in [-0.15, -0.1) is 0 Å². The molecule has 0 saturated heterocycles. The molecule has 49 heavy (non-hydrogen) atoms. The molecule has 0 aromatic heterocycles. The van der Waals surface area contributed by atoms with Gasteiger partial charge in [-0.25, -0.2) is 0 Å². The Morgan fingerprint density at radius 3 is 2.29 bits per heavy atom. The number of rotatable bonds is 10.